The Kier molecular flexibility index (Phi) is 2.81. The molecular weight excluding hydrogens is 248 g/mol. The van der Waals surface area contributed by atoms with Crippen LogP contribution in [0.3, 0.4) is 0 Å². The highest BCUT2D eigenvalue weighted by Gasteiger charge is 2.48. The number of rotatable bonds is 3. The summed E-state index contributed by atoms with van der Waals surface area (Å²) in [5, 5.41) is 0. The monoisotopic (exact) mass is 270 g/mol. The average molecular weight is 270 g/mol. The van der Waals surface area contributed by atoms with Gasteiger partial charge in [-0.3, -0.25) is 4.98 Å². The predicted molar refractivity (Wildman–Crippen MR) is 79.4 cm³/mol. The first-order chi connectivity index (χ1) is 9.79. The van der Waals surface area contributed by atoms with E-state index in [1.807, 2.05) is 12.4 Å². The van der Waals surface area contributed by atoms with Crippen LogP contribution in [0.2, 0.25) is 0 Å². The molecule has 4 nitrogen and oxygen atoms in total. The van der Waals surface area contributed by atoms with Crippen LogP contribution in [0.15, 0.2) is 18.5 Å². The number of aryl methyl sites for hydroxylation is 1. The Labute approximate surface area is 119 Å². The summed E-state index contributed by atoms with van der Waals surface area (Å²) in [4.78, 5) is 9.12. The normalized spacial score (nSPS) is 32.3. The maximum atomic E-state index is 6.51. The molecule has 2 heterocycles. The molecule has 4 heteroatoms. The topological polar surface area (TPSA) is 56.7 Å². The molecule has 4 atom stereocenters. The minimum atomic E-state index is 0.300. The summed E-state index contributed by atoms with van der Waals surface area (Å²) in [6.45, 7) is 3.24. The molecule has 0 saturated heterocycles. The number of hydrogen-bond donors (Lipinski definition) is 1. The summed E-state index contributed by atoms with van der Waals surface area (Å²) in [6.07, 6.45) is 8.81. The average Bonchev–Trinajstić information content (AvgIpc) is 3.13. The maximum absolute atomic E-state index is 6.51. The molecule has 4 rings (SSSR count). The summed E-state index contributed by atoms with van der Waals surface area (Å²) in [5.41, 5.74) is 8.75. The third-order valence-electron chi connectivity index (χ3n) is 5.31. The zero-order chi connectivity index (χ0) is 13.7. The van der Waals surface area contributed by atoms with Crippen molar-refractivity contribution in [3.05, 3.63) is 24.3 Å². The van der Waals surface area contributed by atoms with E-state index < -0.39 is 0 Å². The fraction of sp³-hybridized carbons (Fsp3) is 0.625. The molecule has 2 bridgehead atoms. The minimum absolute atomic E-state index is 0.300. The SMILES string of the molecule is CCCn1c(C2C3CCC(C3)C2N)nc2cnccc21. The first kappa shape index (κ1) is 12.3. The third-order valence-corrected chi connectivity index (χ3v) is 5.31. The molecule has 2 fully saturated rings. The van der Waals surface area contributed by atoms with Gasteiger partial charge in [-0.05, 0) is 43.6 Å². The number of imidazole rings is 1. The van der Waals surface area contributed by atoms with Gasteiger partial charge >= 0.3 is 0 Å². The molecular formula is C16H22N4. The van der Waals surface area contributed by atoms with E-state index in [0.29, 0.717) is 12.0 Å². The van der Waals surface area contributed by atoms with Crippen molar-refractivity contribution in [1.82, 2.24) is 14.5 Å². The molecule has 2 saturated carbocycles. The summed E-state index contributed by atoms with van der Waals surface area (Å²) in [7, 11) is 0. The zero-order valence-corrected chi connectivity index (χ0v) is 12.0. The van der Waals surface area contributed by atoms with Crippen LogP contribution in [0.1, 0.15) is 44.3 Å². The first-order valence-corrected chi connectivity index (χ1v) is 7.85. The van der Waals surface area contributed by atoms with E-state index in [-0.39, 0.29) is 0 Å². The molecule has 0 aliphatic heterocycles. The van der Waals surface area contributed by atoms with Gasteiger partial charge in [-0.15, -0.1) is 0 Å². The van der Waals surface area contributed by atoms with Gasteiger partial charge in [-0.1, -0.05) is 6.92 Å². The van der Waals surface area contributed by atoms with E-state index in [4.69, 9.17) is 10.7 Å². The lowest BCUT2D eigenvalue weighted by Crippen LogP contribution is -2.35. The molecule has 0 amide bonds. The summed E-state index contributed by atoms with van der Waals surface area (Å²) in [5.74, 6) is 3.13. The Morgan fingerprint density at radius 3 is 2.95 bits per heavy atom. The fourth-order valence-corrected chi connectivity index (χ4v) is 4.43. The van der Waals surface area contributed by atoms with Crippen LogP contribution in [0, 0.1) is 11.8 Å². The number of pyridine rings is 1. The minimum Gasteiger partial charge on any atom is -0.328 e. The highest BCUT2D eigenvalue weighted by atomic mass is 15.1. The van der Waals surface area contributed by atoms with E-state index in [0.717, 1.165) is 30.3 Å². The molecule has 2 N–H and O–H groups in total. The van der Waals surface area contributed by atoms with E-state index in [9.17, 15) is 0 Å². The third kappa shape index (κ3) is 1.64. The zero-order valence-electron chi connectivity index (χ0n) is 12.0. The second-order valence-corrected chi connectivity index (χ2v) is 6.42. The van der Waals surface area contributed by atoms with Crippen LogP contribution in [-0.4, -0.2) is 20.6 Å². The molecule has 0 aromatic carbocycles. The maximum Gasteiger partial charge on any atom is 0.114 e. The van der Waals surface area contributed by atoms with Gasteiger partial charge in [0.25, 0.3) is 0 Å². The molecule has 0 spiro atoms. The van der Waals surface area contributed by atoms with Gasteiger partial charge in [0.1, 0.15) is 11.3 Å². The molecule has 20 heavy (non-hydrogen) atoms. The Morgan fingerprint density at radius 1 is 1.35 bits per heavy atom. The molecule has 2 aliphatic carbocycles. The number of aromatic nitrogens is 3. The van der Waals surface area contributed by atoms with Crippen molar-refractivity contribution >= 4 is 11.0 Å². The van der Waals surface area contributed by atoms with Crippen molar-refractivity contribution in [2.75, 3.05) is 0 Å². The number of nitrogens with two attached hydrogens (primary N) is 1. The number of nitrogens with zero attached hydrogens (tertiary/aromatic N) is 3. The van der Waals surface area contributed by atoms with Gasteiger partial charge in [0, 0.05) is 24.7 Å². The van der Waals surface area contributed by atoms with Crippen molar-refractivity contribution in [3.63, 3.8) is 0 Å². The van der Waals surface area contributed by atoms with E-state index in [2.05, 4.69) is 22.5 Å². The number of hydrogen-bond acceptors (Lipinski definition) is 3. The first-order valence-electron chi connectivity index (χ1n) is 7.85. The lowest BCUT2D eigenvalue weighted by Gasteiger charge is -2.28. The summed E-state index contributed by atoms with van der Waals surface area (Å²) >= 11 is 0. The van der Waals surface area contributed by atoms with Gasteiger partial charge in [0.2, 0.25) is 0 Å². The van der Waals surface area contributed by atoms with Crippen molar-refractivity contribution in [2.24, 2.45) is 17.6 Å². The molecule has 106 valence electrons. The van der Waals surface area contributed by atoms with Gasteiger partial charge in [0.15, 0.2) is 0 Å². The molecule has 4 unspecified atom stereocenters. The van der Waals surface area contributed by atoms with Crippen molar-refractivity contribution < 1.29 is 0 Å². The van der Waals surface area contributed by atoms with Crippen LogP contribution >= 0.6 is 0 Å². The van der Waals surface area contributed by atoms with Crippen LogP contribution in [0.5, 0.6) is 0 Å². The molecule has 2 aromatic heterocycles. The number of fused-ring (bicyclic) bond motifs is 3. The Hall–Kier alpha value is -1.42. The smallest absolute Gasteiger partial charge is 0.114 e. The standard InChI is InChI=1S/C16H22N4/c1-2-7-20-13-5-6-18-9-12(13)19-16(20)14-10-3-4-11(8-10)15(14)17/h5-6,9-11,14-15H,2-4,7-8,17H2,1H3. The van der Waals surface area contributed by atoms with Gasteiger partial charge in [0.05, 0.1) is 11.7 Å². The van der Waals surface area contributed by atoms with Gasteiger partial charge < -0.3 is 10.3 Å². The quantitative estimate of drug-likeness (QED) is 0.933. The van der Waals surface area contributed by atoms with E-state index >= 15 is 0 Å². The summed E-state index contributed by atoms with van der Waals surface area (Å²) in [6, 6.07) is 2.38. The highest BCUT2D eigenvalue weighted by Crippen LogP contribution is 2.52. The van der Waals surface area contributed by atoms with Crippen molar-refractivity contribution in [1.29, 1.82) is 0 Å². The van der Waals surface area contributed by atoms with Gasteiger partial charge in [-0.2, -0.15) is 0 Å². The molecule has 0 radical (unpaired) electrons. The van der Waals surface area contributed by atoms with Crippen LogP contribution in [-0.2, 0) is 6.54 Å². The Bertz CT molecular complexity index is 630. The predicted octanol–water partition coefficient (Wildman–Crippen LogP) is 2.68. The molecule has 2 aliphatic rings. The second-order valence-electron chi connectivity index (χ2n) is 6.42. The lowest BCUT2D eigenvalue weighted by molar-refractivity contribution is 0.346. The van der Waals surface area contributed by atoms with Crippen molar-refractivity contribution in [2.45, 2.75) is 51.1 Å². The van der Waals surface area contributed by atoms with E-state index in [1.54, 1.807) is 0 Å². The van der Waals surface area contributed by atoms with Crippen LogP contribution in [0.4, 0.5) is 0 Å². The second kappa shape index (κ2) is 4.55. The fourth-order valence-electron chi connectivity index (χ4n) is 4.43. The lowest BCUT2D eigenvalue weighted by atomic mass is 9.84. The van der Waals surface area contributed by atoms with Crippen molar-refractivity contribution in [3.8, 4) is 0 Å². The van der Waals surface area contributed by atoms with Gasteiger partial charge in [-0.25, -0.2) is 4.98 Å². The largest absolute Gasteiger partial charge is 0.328 e. The van der Waals surface area contributed by atoms with Crippen LogP contribution < -0.4 is 5.73 Å². The highest BCUT2D eigenvalue weighted by molar-refractivity contribution is 5.74. The Balaban J connectivity index is 1.84. The van der Waals surface area contributed by atoms with E-state index in [1.165, 1.54) is 30.6 Å². The molecule has 2 aromatic rings. The Morgan fingerprint density at radius 2 is 2.20 bits per heavy atom. The summed E-state index contributed by atoms with van der Waals surface area (Å²) < 4.78 is 2.39. The van der Waals surface area contributed by atoms with Crippen LogP contribution in [0.25, 0.3) is 11.0 Å².